The van der Waals surface area contributed by atoms with Crippen molar-refractivity contribution in [3.63, 3.8) is 0 Å². The highest BCUT2D eigenvalue weighted by Crippen LogP contribution is 2.23. The van der Waals surface area contributed by atoms with Gasteiger partial charge >= 0.3 is 0 Å². The van der Waals surface area contributed by atoms with E-state index >= 15 is 0 Å². The van der Waals surface area contributed by atoms with E-state index in [4.69, 9.17) is 5.73 Å². The van der Waals surface area contributed by atoms with Gasteiger partial charge in [-0.25, -0.2) is 4.39 Å². The number of nitrogens with two attached hydrogens (primary N) is 1. The normalized spacial score (nSPS) is 20.6. The Labute approximate surface area is 148 Å². The van der Waals surface area contributed by atoms with Crippen LogP contribution in [0.2, 0.25) is 0 Å². The van der Waals surface area contributed by atoms with Gasteiger partial charge in [0.1, 0.15) is 5.82 Å². The molecule has 2 unspecified atom stereocenters. The molecule has 132 valence electrons. The van der Waals surface area contributed by atoms with Crippen molar-refractivity contribution in [2.45, 2.75) is 32.7 Å². The molecule has 0 radical (unpaired) electrons. The van der Waals surface area contributed by atoms with E-state index in [1.54, 1.807) is 17.0 Å². The van der Waals surface area contributed by atoms with Gasteiger partial charge in [-0.2, -0.15) is 0 Å². The van der Waals surface area contributed by atoms with Crippen LogP contribution in [0.5, 0.6) is 0 Å². The lowest BCUT2D eigenvalue weighted by Crippen LogP contribution is -2.50. The number of nitrogens with zero attached hydrogens (tertiary/aromatic N) is 1. The first-order valence-corrected chi connectivity index (χ1v) is 8.79. The van der Waals surface area contributed by atoms with Gasteiger partial charge in [0, 0.05) is 19.1 Å². The van der Waals surface area contributed by atoms with Gasteiger partial charge in [0.25, 0.3) is 5.91 Å². The van der Waals surface area contributed by atoms with E-state index in [-0.39, 0.29) is 17.5 Å². The summed E-state index contributed by atoms with van der Waals surface area (Å²) < 4.78 is 13.9. The monoisotopic (exact) mass is 340 g/mol. The number of likely N-dealkylation sites (tertiary alicyclic amines) is 1. The molecule has 1 aliphatic heterocycles. The van der Waals surface area contributed by atoms with Crippen LogP contribution in [0.15, 0.2) is 42.5 Å². The van der Waals surface area contributed by atoms with Gasteiger partial charge in [-0.1, -0.05) is 30.3 Å². The summed E-state index contributed by atoms with van der Waals surface area (Å²) in [6.45, 7) is 5.31. The fourth-order valence-corrected chi connectivity index (χ4v) is 3.63. The van der Waals surface area contributed by atoms with E-state index in [2.05, 4.69) is 32.0 Å². The molecule has 2 aromatic rings. The minimum atomic E-state index is -0.475. The lowest BCUT2D eigenvalue weighted by Gasteiger charge is -2.36. The standard InChI is InChI=1S/C21H25FN2O/c1-14-7-8-16(9-15(14)2)10-17-11-18(23)13-24(12-17)21(25)19-5-3-4-6-20(19)22/h3-9,17-18H,10-13,23H2,1-2H3. The van der Waals surface area contributed by atoms with Crippen molar-refractivity contribution < 1.29 is 9.18 Å². The molecule has 0 aliphatic carbocycles. The Morgan fingerprint density at radius 1 is 1.16 bits per heavy atom. The maximum absolute atomic E-state index is 13.9. The minimum Gasteiger partial charge on any atom is -0.337 e. The molecule has 1 heterocycles. The summed E-state index contributed by atoms with van der Waals surface area (Å²) in [4.78, 5) is 14.4. The van der Waals surface area contributed by atoms with Crippen molar-refractivity contribution in [3.05, 3.63) is 70.5 Å². The summed E-state index contributed by atoms with van der Waals surface area (Å²) in [5, 5.41) is 0. The van der Waals surface area contributed by atoms with Gasteiger partial charge in [0.2, 0.25) is 0 Å². The van der Waals surface area contributed by atoms with Crippen LogP contribution < -0.4 is 5.73 Å². The molecule has 3 nitrogen and oxygen atoms in total. The van der Waals surface area contributed by atoms with E-state index < -0.39 is 5.82 Å². The molecule has 1 saturated heterocycles. The highest BCUT2D eigenvalue weighted by molar-refractivity contribution is 5.94. The molecule has 3 rings (SSSR count). The van der Waals surface area contributed by atoms with Crippen LogP contribution in [0.25, 0.3) is 0 Å². The number of hydrogen-bond donors (Lipinski definition) is 1. The average Bonchev–Trinajstić information content (AvgIpc) is 2.57. The molecule has 1 aliphatic rings. The Morgan fingerprint density at radius 3 is 2.64 bits per heavy atom. The number of aryl methyl sites for hydroxylation is 2. The summed E-state index contributed by atoms with van der Waals surface area (Å²) in [6.07, 6.45) is 1.77. The van der Waals surface area contributed by atoms with E-state index in [1.165, 1.54) is 28.8 Å². The molecular formula is C21H25FN2O. The Kier molecular flexibility index (Phi) is 5.19. The van der Waals surface area contributed by atoms with Crippen molar-refractivity contribution in [1.29, 1.82) is 0 Å². The topological polar surface area (TPSA) is 46.3 Å². The van der Waals surface area contributed by atoms with Crippen molar-refractivity contribution in [2.75, 3.05) is 13.1 Å². The number of halogens is 1. The molecule has 0 spiro atoms. The maximum atomic E-state index is 13.9. The minimum absolute atomic E-state index is 0.0685. The molecule has 2 N–H and O–H groups in total. The van der Waals surface area contributed by atoms with Crippen LogP contribution in [0.1, 0.15) is 33.5 Å². The lowest BCUT2D eigenvalue weighted by atomic mass is 9.88. The fourth-order valence-electron chi connectivity index (χ4n) is 3.63. The molecule has 0 saturated carbocycles. The summed E-state index contributed by atoms with van der Waals surface area (Å²) in [6, 6.07) is 12.6. The zero-order valence-electron chi connectivity index (χ0n) is 14.8. The number of carbonyl (C=O) groups excluding carboxylic acids is 1. The molecule has 0 aromatic heterocycles. The highest BCUT2D eigenvalue weighted by Gasteiger charge is 2.29. The first-order valence-electron chi connectivity index (χ1n) is 8.79. The maximum Gasteiger partial charge on any atom is 0.256 e. The van der Waals surface area contributed by atoms with Gasteiger partial charge in [0.15, 0.2) is 0 Å². The van der Waals surface area contributed by atoms with Crippen LogP contribution in [0.4, 0.5) is 4.39 Å². The second kappa shape index (κ2) is 7.36. The number of rotatable bonds is 3. The van der Waals surface area contributed by atoms with Crippen molar-refractivity contribution in [3.8, 4) is 0 Å². The van der Waals surface area contributed by atoms with E-state index in [0.29, 0.717) is 19.0 Å². The summed E-state index contributed by atoms with van der Waals surface area (Å²) in [7, 11) is 0. The molecule has 25 heavy (non-hydrogen) atoms. The van der Waals surface area contributed by atoms with Gasteiger partial charge in [-0.05, 0) is 61.4 Å². The Balaban J connectivity index is 1.74. The van der Waals surface area contributed by atoms with Gasteiger partial charge < -0.3 is 10.6 Å². The average molecular weight is 340 g/mol. The van der Waals surface area contributed by atoms with Crippen LogP contribution >= 0.6 is 0 Å². The Bertz CT molecular complexity index is 774. The second-order valence-corrected chi connectivity index (χ2v) is 7.17. The molecule has 1 fully saturated rings. The number of piperidine rings is 1. The van der Waals surface area contributed by atoms with Crippen molar-refractivity contribution in [2.24, 2.45) is 11.7 Å². The smallest absolute Gasteiger partial charge is 0.256 e. The molecular weight excluding hydrogens is 315 g/mol. The van der Waals surface area contributed by atoms with Gasteiger partial charge in [0.05, 0.1) is 5.56 Å². The zero-order valence-corrected chi connectivity index (χ0v) is 14.8. The Morgan fingerprint density at radius 2 is 1.92 bits per heavy atom. The number of amides is 1. The third kappa shape index (κ3) is 4.07. The molecule has 2 atom stereocenters. The summed E-state index contributed by atoms with van der Waals surface area (Å²) in [5.74, 6) is -0.447. The fraction of sp³-hybridized carbons (Fsp3) is 0.381. The predicted octanol–water partition coefficient (Wildman–Crippen LogP) is 3.47. The van der Waals surface area contributed by atoms with Crippen LogP contribution in [-0.2, 0) is 6.42 Å². The largest absolute Gasteiger partial charge is 0.337 e. The second-order valence-electron chi connectivity index (χ2n) is 7.17. The van der Waals surface area contributed by atoms with E-state index in [0.717, 1.165) is 12.8 Å². The van der Waals surface area contributed by atoms with Gasteiger partial charge in [-0.3, -0.25) is 4.79 Å². The predicted molar refractivity (Wildman–Crippen MR) is 98.0 cm³/mol. The van der Waals surface area contributed by atoms with Crippen LogP contribution in [-0.4, -0.2) is 29.9 Å². The third-order valence-electron chi connectivity index (χ3n) is 5.06. The van der Waals surface area contributed by atoms with E-state index in [1.807, 2.05) is 0 Å². The Hall–Kier alpha value is -2.20. The number of benzene rings is 2. The summed E-state index contributed by atoms with van der Waals surface area (Å²) >= 11 is 0. The zero-order chi connectivity index (χ0) is 18.0. The SMILES string of the molecule is Cc1ccc(CC2CC(N)CN(C(=O)c3ccccc3F)C2)cc1C. The molecule has 4 heteroatoms. The van der Waals surface area contributed by atoms with Crippen LogP contribution in [0.3, 0.4) is 0 Å². The summed E-state index contributed by atoms with van der Waals surface area (Å²) in [5.41, 5.74) is 10.1. The van der Waals surface area contributed by atoms with Gasteiger partial charge in [-0.15, -0.1) is 0 Å². The molecule has 1 amide bonds. The van der Waals surface area contributed by atoms with Crippen molar-refractivity contribution >= 4 is 5.91 Å². The molecule has 0 bridgehead atoms. The lowest BCUT2D eigenvalue weighted by molar-refractivity contribution is 0.0645. The molecule has 2 aromatic carbocycles. The number of carbonyl (C=O) groups is 1. The highest BCUT2D eigenvalue weighted by atomic mass is 19.1. The quantitative estimate of drug-likeness (QED) is 0.930. The first-order chi connectivity index (χ1) is 11.9. The van der Waals surface area contributed by atoms with Crippen LogP contribution in [0, 0.1) is 25.6 Å². The number of hydrogen-bond acceptors (Lipinski definition) is 2. The first kappa shape index (κ1) is 17.6. The third-order valence-corrected chi connectivity index (χ3v) is 5.06. The van der Waals surface area contributed by atoms with Crippen molar-refractivity contribution in [1.82, 2.24) is 4.90 Å². The van der Waals surface area contributed by atoms with E-state index in [9.17, 15) is 9.18 Å².